The molecule has 132 valence electrons. The molecule has 1 saturated heterocycles. The van der Waals surface area contributed by atoms with Crippen molar-refractivity contribution in [3.63, 3.8) is 0 Å². The number of hydrogen-bond donors (Lipinski definition) is 3. The summed E-state index contributed by atoms with van der Waals surface area (Å²) in [6.45, 7) is 0.684. The monoisotopic (exact) mass is 334 g/mol. The Kier molecular flexibility index (Phi) is 5.77. The molecule has 2 fully saturated rings. The molecule has 8 nitrogen and oxygen atoms in total. The summed E-state index contributed by atoms with van der Waals surface area (Å²) in [5.74, 6) is 1.51. The third-order valence-corrected chi connectivity index (χ3v) is 5.22. The van der Waals surface area contributed by atoms with E-state index in [1.54, 1.807) is 0 Å². The van der Waals surface area contributed by atoms with Gasteiger partial charge < -0.3 is 10.6 Å². The van der Waals surface area contributed by atoms with Crippen molar-refractivity contribution >= 4 is 11.8 Å². The van der Waals surface area contributed by atoms with Crippen LogP contribution in [0, 0.1) is 11.8 Å². The van der Waals surface area contributed by atoms with E-state index >= 15 is 0 Å². The Hall–Kier alpha value is -1.99. The molecule has 0 spiro atoms. The summed E-state index contributed by atoms with van der Waals surface area (Å²) in [5.41, 5.74) is 0. The van der Waals surface area contributed by atoms with Crippen molar-refractivity contribution in [2.75, 3.05) is 6.54 Å². The number of hydrogen-bond acceptors (Lipinski definition) is 5. The van der Waals surface area contributed by atoms with Crippen LogP contribution >= 0.6 is 0 Å². The van der Waals surface area contributed by atoms with Gasteiger partial charge in [0.2, 0.25) is 11.8 Å². The van der Waals surface area contributed by atoms with E-state index in [9.17, 15) is 9.59 Å². The van der Waals surface area contributed by atoms with Crippen molar-refractivity contribution in [2.45, 2.75) is 63.8 Å². The topological polar surface area (TPSA) is 113 Å². The van der Waals surface area contributed by atoms with Crippen LogP contribution in [-0.2, 0) is 9.59 Å². The van der Waals surface area contributed by atoms with Crippen LogP contribution in [0.1, 0.15) is 69.7 Å². The van der Waals surface area contributed by atoms with Crippen molar-refractivity contribution in [1.29, 1.82) is 0 Å². The van der Waals surface area contributed by atoms with Crippen LogP contribution < -0.4 is 10.6 Å². The lowest BCUT2D eigenvalue weighted by Crippen LogP contribution is -2.37. The van der Waals surface area contributed by atoms with Gasteiger partial charge in [-0.3, -0.25) is 9.59 Å². The molecule has 2 amide bonds. The summed E-state index contributed by atoms with van der Waals surface area (Å²) in [6.07, 6.45) is 8.54. The maximum Gasteiger partial charge on any atom is 0.220 e. The zero-order valence-corrected chi connectivity index (χ0v) is 14.0. The highest BCUT2D eigenvalue weighted by atomic mass is 16.2. The van der Waals surface area contributed by atoms with Gasteiger partial charge in [0, 0.05) is 19.4 Å². The molecule has 1 saturated carbocycles. The maximum atomic E-state index is 12.4. The van der Waals surface area contributed by atoms with Gasteiger partial charge in [0.15, 0.2) is 5.82 Å². The number of H-pyrrole nitrogens is 1. The van der Waals surface area contributed by atoms with Crippen LogP contribution in [0.2, 0.25) is 0 Å². The fourth-order valence-electron chi connectivity index (χ4n) is 3.77. The fraction of sp³-hybridized carbons (Fsp3) is 0.812. The first kappa shape index (κ1) is 16.9. The van der Waals surface area contributed by atoms with E-state index in [4.69, 9.17) is 0 Å². The van der Waals surface area contributed by atoms with Crippen molar-refractivity contribution in [2.24, 2.45) is 11.8 Å². The van der Waals surface area contributed by atoms with E-state index in [0.29, 0.717) is 37.0 Å². The number of aromatic nitrogens is 4. The number of carbonyl (C=O) groups excluding carboxylic acids is 2. The molecule has 2 atom stereocenters. The highest BCUT2D eigenvalue weighted by Crippen LogP contribution is 2.33. The van der Waals surface area contributed by atoms with E-state index in [-0.39, 0.29) is 17.9 Å². The molecule has 2 heterocycles. The number of nitrogens with one attached hydrogen (secondary N) is 3. The quantitative estimate of drug-likeness (QED) is 0.724. The summed E-state index contributed by atoms with van der Waals surface area (Å²) in [7, 11) is 0. The number of rotatable bonds is 6. The predicted molar refractivity (Wildman–Crippen MR) is 86.6 cm³/mol. The lowest BCUT2D eigenvalue weighted by atomic mass is 9.83. The molecule has 2 aliphatic rings. The molecule has 0 aromatic carbocycles. The first-order chi connectivity index (χ1) is 11.7. The number of amides is 2. The molecule has 0 radical (unpaired) electrons. The minimum atomic E-state index is -0.150. The van der Waals surface area contributed by atoms with Crippen molar-refractivity contribution in [3.05, 3.63) is 5.82 Å². The van der Waals surface area contributed by atoms with Gasteiger partial charge in [-0.1, -0.05) is 24.5 Å². The van der Waals surface area contributed by atoms with Crippen molar-refractivity contribution in [3.8, 4) is 0 Å². The summed E-state index contributed by atoms with van der Waals surface area (Å²) in [4.78, 5) is 23.6. The first-order valence-corrected chi connectivity index (χ1v) is 9.02. The van der Waals surface area contributed by atoms with Gasteiger partial charge in [0.1, 0.15) is 0 Å². The largest absolute Gasteiger partial charge is 0.356 e. The van der Waals surface area contributed by atoms with E-state index < -0.39 is 0 Å². The number of piperidine rings is 1. The second-order valence-corrected chi connectivity index (χ2v) is 6.96. The van der Waals surface area contributed by atoms with Crippen molar-refractivity contribution < 1.29 is 9.59 Å². The minimum Gasteiger partial charge on any atom is -0.356 e. The summed E-state index contributed by atoms with van der Waals surface area (Å²) < 4.78 is 0. The predicted octanol–water partition coefficient (Wildman–Crippen LogP) is 1.24. The van der Waals surface area contributed by atoms with E-state index in [2.05, 4.69) is 31.3 Å². The third kappa shape index (κ3) is 4.52. The second kappa shape index (κ2) is 8.21. The zero-order valence-electron chi connectivity index (χ0n) is 14.0. The SMILES string of the molecule is O=C1CCC(CCC(=O)NC(c2nn[nH]n2)C2CCCCC2)CN1. The molecule has 1 aliphatic heterocycles. The normalized spacial score (nSPS) is 23.5. The molecule has 3 rings (SSSR count). The molecule has 3 N–H and O–H groups in total. The molecule has 8 heteroatoms. The average Bonchev–Trinajstić information content (AvgIpc) is 3.14. The van der Waals surface area contributed by atoms with Crippen LogP contribution in [0.4, 0.5) is 0 Å². The highest BCUT2D eigenvalue weighted by Gasteiger charge is 2.29. The van der Waals surface area contributed by atoms with Gasteiger partial charge in [-0.25, -0.2) is 0 Å². The Labute approximate surface area is 141 Å². The number of aromatic amines is 1. The van der Waals surface area contributed by atoms with Crippen LogP contribution in [-0.4, -0.2) is 39.0 Å². The summed E-state index contributed by atoms with van der Waals surface area (Å²) >= 11 is 0. The van der Waals surface area contributed by atoms with Gasteiger partial charge >= 0.3 is 0 Å². The summed E-state index contributed by atoms with van der Waals surface area (Å²) in [5, 5.41) is 20.3. The molecular formula is C16H26N6O2. The second-order valence-electron chi connectivity index (χ2n) is 6.96. The first-order valence-electron chi connectivity index (χ1n) is 9.02. The average molecular weight is 334 g/mol. The maximum absolute atomic E-state index is 12.4. The smallest absolute Gasteiger partial charge is 0.220 e. The molecule has 24 heavy (non-hydrogen) atoms. The van der Waals surface area contributed by atoms with Crippen LogP contribution in [0.5, 0.6) is 0 Å². The minimum absolute atomic E-state index is 0.0345. The highest BCUT2D eigenvalue weighted by molar-refractivity contribution is 5.77. The van der Waals surface area contributed by atoms with Gasteiger partial charge in [-0.2, -0.15) is 5.21 Å². The fourth-order valence-corrected chi connectivity index (χ4v) is 3.77. The van der Waals surface area contributed by atoms with Crippen molar-refractivity contribution in [1.82, 2.24) is 31.3 Å². The Bertz CT molecular complexity index is 531. The molecule has 0 bridgehead atoms. The molecule has 1 aromatic rings. The molecular weight excluding hydrogens is 308 g/mol. The van der Waals surface area contributed by atoms with Gasteiger partial charge in [0.05, 0.1) is 6.04 Å². The standard InChI is InChI=1S/C16H26N6O2/c23-13-8-6-11(10-17-13)7-9-14(24)18-15(16-19-21-22-20-16)12-4-2-1-3-5-12/h11-12,15H,1-10H2,(H,17,23)(H,18,24)(H,19,20,21,22). The van der Waals surface area contributed by atoms with Gasteiger partial charge in [-0.05, 0) is 37.5 Å². The lowest BCUT2D eigenvalue weighted by molar-refractivity contribution is -0.123. The Balaban J connectivity index is 1.52. The Morgan fingerprint density at radius 3 is 2.75 bits per heavy atom. The lowest BCUT2D eigenvalue weighted by Gasteiger charge is -2.29. The summed E-state index contributed by atoms with van der Waals surface area (Å²) in [6, 6.07) is -0.150. The van der Waals surface area contributed by atoms with Crippen LogP contribution in [0.25, 0.3) is 0 Å². The zero-order chi connectivity index (χ0) is 16.8. The number of tetrazole rings is 1. The van der Waals surface area contributed by atoms with Crippen LogP contribution in [0.3, 0.4) is 0 Å². The van der Waals surface area contributed by atoms with Gasteiger partial charge in [0.25, 0.3) is 0 Å². The number of nitrogens with zero attached hydrogens (tertiary/aromatic N) is 3. The number of carbonyl (C=O) groups is 2. The van der Waals surface area contributed by atoms with Gasteiger partial charge in [-0.15, -0.1) is 10.2 Å². The Morgan fingerprint density at radius 1 is 1.25 bits per heavy atom. The molecule has 1 aliphatic carbocycles. The third-order valence-electron chi connectivity index (χ3n) is 5.22. The van der Waals surface area contributed by atoms with E-state index in [1.165, 1.54) is 19.3 Å². The Morgan fingerprint density at radius 2 is 2.08 bits per heavy atom. The van der Waals surface area contributed by atoms with Crippen LogP contribution in [0.15, 0.2) is 0 Å². The molecule has 2 unspecified atom stereocenters. The molecule has 1 aromatic heterocycles. The van der Waals surface area contributed by atoms with E-state index in [0.717, 1.165) is 25.7 Å². The van der Waals surface area contributed by atoms with E-state index in [1.807, 2.05) is 0 Å².